The van der Waals surface area contributed by atoms with Gasteiger partial charge in [-0.1, -0.05) is 53.0 Å². The Morgan fingerprint density at radius 1 is 0.824 bits per heavy atom. The van der Waals surface area contributed by atoms with Crippen LogP contribution in [0.5, 0.6) is 0 Å². The van der Waals surface area contributed by atoms with Crippen LogP contribution in [-0.2, 0) is 23.1 Å². The molecule has 1 heterocycles. The van der Waals surface area contributed by atoms with Crippen molar-refractivity contribution in [1.82, 2.24) is 4.31 Å². The highest BCUT2D eigenvalue weighted by Gasteiger charge is 2.26. The van der Waals surface area contributed by atoms with Crippen LogP contribution in [0, 0.1) is 6.92 Å². The first-order chi connectivity index (χ1) is 16.3. The molecule has 5 nitrogen and oxygen atoms in total. The third-order valence-corrected chi connectivity index (χ3v) is 7.42. The van der Waals surface area contributed by atoms with Gasteiger partial charge in [0.05, 0.1) is 23.3 Å². The molecule has 0 aliphatic heterocycles. The third-order valence-electron chi connectivity index (χ3n) is 5.11. The van der Waals surface area contributed by atoms with Crippen LogP contribution in [0.2, 0.25) is 10.0 Å². The van der Waals surface area contributed by atoms with E-state index in [9.17, 15) is 8.42 Å². The summed E-state index contributed by atoms with van der Waals surface area (Å²) >= 11 is 11.9. The Morgan fingerprint density at radius 3 is 2.09 bits per heavy atom. The predicted molar refractivity (Wildman–Crippen MR) is 136 cm³/mol. The first kappa shape index (κ1) is 24.2. The summed E-state index contributed by atoms with van der Waals surface area (Å²) in [6, 6.07) is 24.5. The van der Waals surface area contributed by atoms with Crippen molar-refractivity contribution in [1.29, 1.82) is 0 Å². The van der Waals surface area contributed by atoms with E-state index in [-0.39, 0.29) is 18.0 Å². The normalized spacial score (nSPS) is 12.0. The van der Waals surface area contributed by atoms with Crippen molar-refractivity contribution < 1.29 is 12.8 Å². The van der Waals surface area contributed by atoms with Gasteiger partial charge in [0, 0.05) is 16.6 Å². The minimum Gasteiger partial charge on any atom is -0.459 e. The largest absolute Gasteiger partial charge is 0.459 e. The molecule has 0 atom stereocenters. The lowest BCUT2D eigenvalue weighted by molar-refractivity contribution is 0.357. The molecule has 0 saturated heterocycles. The van der Waals surface area contributed by atoms with E-state index in [1.807, 2.05) is 31.2 Å². The number of rotatable bonds is 8. The summed E-state index contributed by atoms with van der Waals surface area (Å²) in [6.45, 7) is 2.21. The maximum Gasteiger partial charge on any atom is 0.243 e. The highest BCUT2D eigenvalue weighted by molar-refractivity contribution is 7.89. The highest BCUT2D eigenvalue weighted by atomic mass is 35.5. The first-order valence-electron chi connectivity index (χ1n) is 10.5. The maximum absolute atomic E-state index is 13.5. The Morgan fingerprint density at radius 2 is 1.44 bits per heavy atom. The number of hydrogen-bond donors (Lipinski definition) is 0. The molecule has 0 N–H and O–H groups in total. The molecule has 0 unspecified atom stereocenters. The van der Waals surface area contributed by atoms with E-state index in [1.54, 1.807) is 54.7 Å². The quantitative estimate of drug-likeness (QED) is 0.238. The zero-order chi connectivity index (χ0) is 24.1. The standard InChI is InChI=1S/C26H22Cl2N2O3S/c1-19-2-10-23(11-3-19)29-16-24-12-13-25(33-24)18-30(17-20-4-6-21(27)7-5-20)34(31,32)26-14-8-22(28)9-15-26/h2-16H,17-18H2,1H3. The molecule has 0 amide bonds. The average molecular weight is 513 g/mol. The molecule has 0 aliphatic carbocycles. The van der Waals surface area contributed by atoms with Gasteiger partial charge in [-0.3, -0.25) is 4.99 Å². The van der Waals surface area contributed by atoms with Gasteiger partial charge in [0.1, 0.15) is 11.5 Å². The molecule has 34 heavy (non-hydrogen) atoms. The van der Waals surface area contributed by atoms with Crippen molar-refractivity contribution in [3.05, 3.63) is 118 Å². The van der Waals surface area contributed by atoms with Crippen molar-refractivity contribution >= 4 is 45.1 Å². The van der Waals surface area contributed by atoms with Crippen molar-refractivity contribution in [3.63, 3.8) is 0 Å². The summed E-state index contributed by atoms with van der Waals surface area (Å²) in [5.41, 5.74) is 2.76. The van der Waals surface area contributed by atoms with Crippen LogP contribution in [0.15, 0.2) is 99.2 Å². The average Bonchev–Trinajstić information content (AvgIpc) is 3.27. The molecular weight excluding hydrogens is 491 g/mol. The topological polar surface area (TPSA) is 62.9 Å². The minimum atomic E-state index is -3.83. The van der Waals surface area contributed by atoms with Crippen LogP contribution in [0.25, 0.3) is 0 Å². The first-order valence-corrected chi connectivity index (χ1v) is 12.7. The van der Waals surface area contributed by atoms with Gasteiger partial charge in [0.2, 0.25) is 10.0 Å². The second-order valence-electron chi connectivity index (χ2n) is 7.75. The molecule has 0 spiro atoms. The molecule has 0 fully saturated rings. The number of hydrogen-bond acceptors (Lipinski definition) is 4. The maximum atomic E-state index is 13.5. The second-order valence-corrected chi connectivity index (χ2v) is 10.6. The van der Waals surface area contributed by atoms with E-state index in [2.05, 4.69) is 4.99 Å². The molecular formula is C26H22Cl2N2O3S. The molecule has 0 bridgehead atoms. The minimum absolute atomic E-state index is 0.0476. The van der Waals surface area contributed by atoms with Crippen LogP contribution < -0.4 is 0 Å². The molecule has 0 radical (unpaired) electrons. The van der Waals surface area contributed by atoms with Gasteiger partial charge in [-0.05, 0) is 73.2 Å². The summed E-state index contributed by atoms with van der Waals surface area (Å²) in [4.78, 5) is 4.57. The van der Waals surface area contributed by atoms with Gasteiger partial charge >= 0.3 is 0 Å². The molecule has 174 valence electrons. The van der Waals surface area contributed by atoms with Crippen LogP contribution in [0.1, 0.15) is 22.6 Å². The Bertz CT molecular complexity index is 1380. The van der Waals surface area contributed by atoms with Gasteiger partial charge in [-0.2, -0.15) is 4.31 Å². The Hall–Kier alpha value is -2.90. The fraction of sp³-hybridized carbons (Fsp3) is 0.115. The van der Waals surface area contributed by atoms with Crippen LogP contribution in [0.4, 0.5) is 5.69 Å². The summed E-state index contributed by atoms with van der Waals surface area (Å²) in [7, 11) is -3.83. The van der Waals surface area contributed by atoms with Gasteiger partial charge < -0.3 is 4.42 Å². The zero-order valence-electron chi connectivity index (χ0n) is 18.4. The summed E-state index contributed by atoms with van der Waals surface area (Å²) < 4.78 is 34.1. The molecule has 0 aliphatic rings. The van der Waals surface area contributed by atoms with Crippen molar-refractivity contribution in [2.45, 2.75) is 24.9 Å². The smallest absolute Gasteiger partial charge is 0.243 e. The van der Waals surface area contributed by atoms with E-state index in [0.717, 1.165) is 16.8 Å². The van der Waals surface area contributed by atoms with Crippen molar-refractivity contribution in [2.75, 3.05) is 0 Å². The monoisotopic (exact) mass is 512 g/mol. The molecule has 1 aromatic heterocycles. The van der Waals surface area contributed by atoms with Gasteiger partial charge in [-0.15, -0.1) is 0 Å². The summed E-state index contributed by atoms with van der Waals surface area (Å²) in [5, 5.41) is 1.05. The number of furan rings is 1. The summed E-state index contributed by atoms with van der Waals surface area (Å²) in [6.07, 6.45) is 1.62. The third kappa shape index (κ3) is 6.15. The fourth-order valence-corrected chi connectivity index (χ4v) is 4.91. The van der Waals surface area contributed by atoms with E-state index >= 15 is 0 Å². The SMILES string of the molecule is Cc1ccc(N=Cc2ccc(CN(Cc3ccc(Cl)cc3)S(=O)(=O)c3ccc(Cl)cc3)o2)cc1. The lowest BCUT2D eigenvalue weighted by Gasteiger charge is -2.21. The predicted octanol–water partition coefficient (Wildman–Crippen LogP) is 7.04. The van der Waals surface area contributed by atoms with E-state index in [4.69, 9.17) is 27.6 Å². The number of aryl methyl sites for hydroxylation is 1. The summed E-state index contributed by atoms with van der Waals surface area (Å²) in [5.74, 6) is 1.03. The number of sulfonamides is 1. The van der Waals surface area contributed by atoms with Crippen LogP contribution in [-0.4, -0.2) is 18.9 Å². The number of benzene rings is 3. The lowest BCUT2D eigenvalue weighted by atomic mass is 10.2. The molecule has 4 rings (SSSR count). The van der Waals surface area contributed by atoms with Gasteiger partial charge in [-0.25, -0.2) is 8.42 Å². The van der Waals surface area contributed by atoms with E-state index < -0.39 is 10.0 Å². The number of nitrogens with zero attached hydrogens (tertiary/aromatic N) is 2. The van der Waals surface area contributed by atoms with E-state index in [1.165, 1.54) is 16.4 Å². The van der Waals surface area contributed by atoms with Gasteiger partial charge in [0.15, 0.2) is 0 Å². The highest BCUT2D eigenvalue weighted by Crippen LogP contribution is 2.24. The number of aliphatic imine (C=N–C) groups is 1. The van der Waals surface area contributed by atoms with Crippen LogP contribution >= 0.6 is 23.2 Å². The van der Waals surface area contributed by atoms with Crippen LogP contribution in [0.3, 0.4) is 0 Å². The molecule has 0 saturated carbocycles. The molecule has 3 aromatic carbocycles. The Kier molecular flexibility index (Phi) is 7.54. The Labute approximate surface area is 209 Å². The Balaban J connectivity index is 1.58. The van der Waals surface area contributed by atoms with E-state index in [0.29, 0.717) is 21.6 Å². The number of halogens is 2. The lowest BCUT2D eigenvalue weighted by Crippen LogP contribution is -2.30. The van der Waals surface area contributed by atoms with Crippen molar-refractivity contribution in [3.8, 4) is 0 Å². The van der Waals surface area contributed by atoms with Gasteiger partial charge in [0.25, 0.3) is 0 Å². The molecule has 4 aromatic rings. The fourth-order valence-electron chi connectivity index (χ4n) is 3.27. The second kappa shape index (κ2) is 10.6. The van der Waals surface area contributed by atoms with Crippen molar-refractivity contribution in [2.24, 2.45) is 4.99 Å². The zero-order valence-corrected chi connectivity index (χ0v) is 20.7. The molecule has 8 heteroatoms.